The van der Waals surface area contributed by atoms with Gasteiger partial charge in [0, 0.05) is 30.4 Å². The molecule has 0 aromatic rings. The zero-order valence-electron chi connectivity index (χ0n) is 17.4. The van der Waals surface area contributed by atoms with Gasteiger partial charge in [0.2, 0.25) is 0 Å². The Balaban J connectivity index is 0. The molecule has 2 N–H and O–H groups in total. The summed E-state index contributed by atoms with van der Waals surface area (Å²) in [5, 5.41) is 16.7. The van der Waals surface area contributed by atoms with Crippen LogP contribution in [0.3, 0.4) is 0 Å². The van der Waals surface area contributed by atoms with Crippen molar-refractivity contribution >= 4 is 35.3 Å². The third kappa shape index (κ3) is 10.7. The molecule has 1 atom stereocenters. The quantitative estimate of drug-likeness (QED) is 0.295. The Hall–Kier alpha value is -3.10. The molecule has 0 saturated carbocycles. The van der Waals surface area contributed by atoms with Crippen molar-refractivity contribution in [2.45, 2.75) is 60.0 Å². The van der Waals surface area contributed by atoms with E-state index in [9.17, 15) is 28.8 Å². The van der Waals surface area contributed by atoms with Gasteiger partial charge in [-0.15, -0.1) is 0 Å². The number of esters is 1. The number of carbonyl (C=O) groups is 6. The van der Waals surface area contributed by atoms with Crippen molar-refractivity contribution in [1.82, 2.24) is 0 Å². The molecule has 0 fully saturated rings. The van der Waals surface area contributed by atoms with Gasteiger partial charge in [-0.25, -0.2) is 9.59 Å². The summed E-state index contributed by atoms with van der Waals surface area (Å²) in [7, 11) is 0. The maximum atomic E-state index is 12.4. The van der Waals surface area contributed by atoms with Gasteiger partial charge < -0.3 is 14.9 Å². The fraction of sp³-hybridized carbons (Fsp3) is 0.500. The molecule has 0 aromatic heterocycles. The minimum Gasteiger partial charge on any atom is -0.478 e. The molecule has 1 unspecified atom stereocenters. The second-order valence-corrected chi connectivity index (χ2v) is 6.81. The van der Waals surface area contributed by atoms with Crippen molar-refractivity contribution < 1.29 is 43.7 Å². The fourth-order valence-electron chi connectivity index (χ4n) is 2.22. The van der Waals surface area contributed by atoms with Gasteiger partial charge in [-0.05, 0) is 34.6 Å². The van der Waals surface area contributed by atoms with Gasteiger partial charge in [0.15, 0.2) is 0 Å². The summed E-state index contributed by atoms with van der Waals surface area (Å²) in [4.78, 5) is 67.6. The highest BCUT2D eigenvalue weighted by molar-refractivity contribution is 6.08. The van der Waals surface area contributed by atoms with Crippen LogP contribution in [0.2, 0.25) is 0 Å². The number of carboxylic acids is 2. The average molecular weight is 412 g/mol. The number of aliphatic carboxylic acids is 2. The van der Waals surface area contributed by atoms with E-state index in [-0.39, 0.29) is 17.6 Å². The zero-order chi connectivity index (χ0) is 23.5. The Morgan fingerprint density at radius 1 is 0.862 bits per heavy atom. The molecule has 0 aromatic carbocycles. The van der Waals surface area contributed by atoms with Crippen LogP contribution in [0.1, 0.15) is 53.9 Å². The molecule has 0 rings (SSSR count). The molecule has 0 aliphatic carbocycles. The van der Waals surface area contributed by atoms with Crippen LogP contribution in [0.4, 0.5) is 0 Å². The maximum Gasteiger partial charge on any atom is 0.331 e. The van der Waals surface area contributed by atoms with Gasteiger partial charge in [0.1, 0.15) is 28.9 Å². The van der Waals surface area contributed by atoms with Gasteiger partial charge in [-0.1, -0.05) is 13.2 Å². The molecule has 29 heavy (non-hydrogen) atoms. The SMILES string of the molecule is C=C(C)C(=O)O.C=C(CC(C)OC(=O)C(CC(C)=O)(CC(C)=O)C(C)=O)C(=O)O. The number of carboxylic acid groups (broad SMARTS) is 2. The highest BCUT2D eigenvalue weighted by Gasteiger charge is 2.47. The Labute approximate surface area is 169 Å². The van der Waals surface area contributed by atoms with Crippen molar-refractivity contribution in [3.63, 3.8) is 0 Å². The summed E-state index contributed by atoms with van der Waals surface area (Å²) in [6.45, 7) is 12.9. The molecule has 0 bridgehead atoms. The van der Waals surface area contributed by atoms with Crippen LogP contribution in [0.25, 0.3) is 0 Å². The summed E-state index contributed by atoms with van der Waals surface area (Å²) >= 11 is 0. The van der Waals surface area contributed by atoms with E-state index in [1.54, 1.807) is 0 Å². The maximum absolute atomic E-state index is 12.4. The third-order valence-electron chi connectivity index (χ3n) is 3.68. The Morgan fingerprint density at radius 3 is 1.48 bits per heavy atom. The molecule has 0 aliphatic heterocycles. The first-order valence-corrected chi connectivity index (χ1v) is 8.57. The molecular formula is C20H28O9. The first-order chi connectivity index (χ1) is 13.1. The number of Topliss-reactive ketones (excluding diaryl/α,β-unsaturated/α-hetero) is 3. The summed E-state index contributed by atoms with van der Waals surface area (Å²) < 4.78 is 5.11. The molecule has 0 radical (unpaired) electrons. The number of hydrogen-bond acceptors (Lipinski definition) is 7. The van der Waals surface area contributed by atoms with Gasteiger partial charge in [0.05, 0.1) is 0 Å². The van der Waals surface area contributed by atoms with Crippen LogP contribution in [0.15, 0.2) is 24.3 Å². The highest BCUT2D eigenvalue weighted by atomic mass is 16.5. The second kappa shape index (κ2) is 12.4. The summed E-state index contributed by atoms with van der Waals surface area (Å²) in [5.74, 6) is -4.66. The predicted molar refractivity (Wildman–Crippen MR) is 103 cm³/mol. The first kappa shape index (κ1) is 28.1. The molecule has 0 spiro atoms. The van der Waals surface area contributed by atoms with Crippen LogP contribution >= 0.6 is 0 Å². The lowest BCUT2D eigenvalue weighted by molar-refractivity contribution is -0.167. The van der Waals surface area contributed by atoms with Crippen molar-refractivity contribution in [3.8, 4) is 0 Å². The molecule has 162 valence electrons. The van der Waals surface area contributed by atoms with E-state index in [1.807, 2.05) is 0 Å². The van der Waals surface area contributed by atoms with Gasteiger partial charge in [-0.3, -0.25) is 19.2 Å². The van der Waals surface area contributed by atoms with Gasteiger partial charge in [-0.2, -0.15) is 0 Å². The lowest BCUT2D eigenvalue weighted by Gasteiger charge is -2.28. The van der Waals surface area contributed by atoms with Crippen LogP contribution in [0, 0.1) is 5.41 Å². The molecular weight excluding hydrogens is 384 g/mol. The van der Waals surface area contributed by atoms with E-state index in [0.717, 1.165) is 6.92 Å². The minimum atomic E-state index is -1.86. The molecule has 0 heterocycles. The lowest BCUT2D eigenvalue weighted by Crippen LogP contribution is -2.43. The number of carbonyl (C=O) groups excluding carboxylic acids is 4. The number of hydrogen-bond donors (Lipinski definition) is 2. The van der Waals surface area contributed by atoms with Crippen LogP contribution in [0.5, 0.6) is 0 Å². The fourth-order valence-corrected chi connectivity index (χ4v) is 2.22. The largest absolute Gasteiger partial charge is 0.478 e. The van der Waals surface area contributed by atoms with Crippen molar-refractivity contribution in [1.29, 1.82) is 0 Å². The van der Waals surface area contributed by atoms with E-state index >= 15 is 0 Å². The topological polar surface area (TPSA) is 152 Å². The molecule has 0 amide bonds. The smallest absolute Gasteiger partial charge is 0.331 e. The Kier molecular flexibility index (Phi) is 12.0. The first-order valence-electron chi connectivity index (χ1n) is 8.57. The van der Waals surface area contributed by atoms with Gasteiger partial charge in [0.25, 0.3) is 0 Å². The normalized spacial score (nSPS) is 11.2. The summed E-state index contributed by atoms with van der Waals surface area (Å²) in [6, 6.07) is 0. The van der Waals surface area contributed by atoms with E-state index < -0.39 is 59.6 Å². The van der Waals surface area contributed by atoms with Gasteiger partial charge >= 0.3 is 17.9 Å². The molecule has 0 saturated heterocycles. The zero-order valence-corrected chi connectivity index (χ0v) is 17.4. The summed E-state index contributed by atoms with van der Waals surface area (Å²) in [5.41, 5.74) is -1.84. The van der Waals surface area contributed by atoms with Crippen LogP contribution < -0.4 is 0 Å². The molecule has 9 heteroatoms. The number of ether oxygens (including phenoxy) is 1. The number of rotatable bonds is 11. The lowest BCUT2D eigenvalue weighted by atomic mass is 9.75. The molecule has 9 nitrogen and oxygen atoms in total. The van der Waals surface area contributed by atoms with E-state index in [2.05, 4.69) is 13.2 Å². The van der Waals surface area contributed by atoms with E-state index in [0.29, 0.717) is 0 Å². The second-order valence-electron chi connectivity index (χ2n) is 6.81. The Morgan fingerprint density at radius 2 is 1.24 bits per heavy atom. The minimum absolute atomic E-state index is 0.130. The van der Waals surface area contributed by atoms with Crippen LogP contribution in [-0.2, 0) is 33.5 Å². The third-order valence-corrected chi connectivity index (χ3v) is 3.68. The van der Waals surface area contributed by atoms with Crippen molar-refractivity contribution in [2.75, 3.05) is 0 Å². The summed E-state index contributed by atoms with van der Waals surface area (Å²) in [6.07, 6.45) is -1.86. The monoisotopic (exact) mass is 412 g/mol. The van der Waals surface area contributed by atoms with E-state index in [4.69, 9.17) is 14.9 Å². The van der Waals surface area contributed by atoms with Crippen molar-refractivity contribution in [3.05, 3.63) is 24.3 Å². The van der Waals surface area contributed by atoms with Crippen LogP contribution in [-0.4, -0.2) is 51.6 Å². The van der Waals surface area contributed by atoms with E-state index in [1.165, 1.54) is 27.7 Å². The highest BCUT2D eigenvalue weighted by Crippen LogP contribution is 2.32. The standard InChI is InChI=1S/C16H22O7.C4H6O2/c1-9(14(20)21)6-12(4)23-15(22)16(13(5)19,7-10(2)17)8-11(3)18;1-3(2)4(5)6/h12H,1,6-8H2,2-5H3,(H,20,21);1H2,2H3,(H,5,6). The molecule has 0 aliphatic rings. The predicted octanol–water partition coefficient (Wildman–Crippen LogP) is 2.13. The Bertz CT molecular complexity index is 687. The average Bonchev–Trinajstić information content (AvgIpc) is 2.52. The number of ketones is 3. The van der Waals surface area contributed by atoms with Crippen molar-refractivity contribution in [2.24, 2.45) is 5.41 Å².